The molecule has 0 radical (unpaired) electrons. The van der Waals surface area contributed by atoms with E-state index in [1.54, 1.807) is 6.08 Å². The highest BCUT2D eigenvalue weighted by Crippen LogP contribution is 2.59. The second kappa shape index (κ2) is 7.90. The van der Waals surface area contributed by atoms with E-state index in [0.717, 1.165) is 16.8 Å². The maximum Gasteiger partial charge on any atom is 0.330 e. The summed E-state index contributed by atoms with van der Waals surface area (Å²) in [6, 6.07) is 10.3. The minimum Gasteiger partial charge on any atom is -0.466 e. The lowest BCUT2D eigenvalue weighted by Crippen LogP contribution is -2.12. The number of nitrogens with zero attached hydrogens (tertiary/aromatic N) is 1. The quantitative estimate of drug-likeness (QED) is 0.536. The molecule has 2 aromatic rings. The number of methoxy groups -OCH3 is 1. The summed E-state index contributed by atoms with van der Waals surface area (Å²) in [7, 11) is 1.34. The number of aryl methyl sites for hydroxylation is 2. The van der Waals surface area contributed by atoms with E-state index in [-0.39, 0.29) is 29.8 Å². The topological polar surface area (TPSA) is 57.5 Å². The first-order valence-corrected chi connectivity index (χ1v) is 9.85. The van der Waals surface area contributed by atoms with Gasteiger partial charge in [0.2, 0.25) is 0 Å². The van der Waals surface area contributed by atoms with Gasteiger partial charge in [0.15, 0.2) is 0 Å². The van der Waals surface area contributed by atoms with Gasteiger partial charge >= 0.3 is 11.9 Å². The van der Waals surface area contributed by atoms with E-state index in [0.29, 0.717) is 0 Å². The lowest BCUT2D eigenvalue weighted by atomic mass is 10.1. The molecule has 0 spiro atoms. The molecule has 0 saturated heterocycles. The monoisotopic (exact) mass is 395 g/mol. The number of hydrogen-bond acceptors (Lipinski definition) is 4. The zero-order valence-corrected chi connectivity index (χ0v) is 18.0. The Balaban J connectivity index is 1.71. The first-order chi connectivity index (χ1) is 13.7. The zero-order chi connectivity index (χ0) is 21.3. The van der Waals surface area contributed by atoms with Crippen LogP contribution in [0.5, 0.6) is 0 Å². The molecule has 0 amide bonds. The predicted octanol–water partition coefficient (Wildman–Crippen LogP) is 4.45. The molecule has 1 aromatic carbocycles. The summed E-state index contributed by atoms with van der Waals surface area (Å²) < 4.78 is 12.5. The summed E-state index contributed by atoms with van der Waals surface area (Å²) in [4.78, 5) is 24.0. The molecule has 3 rings (SSSR count). The van der Waals surface area contributed by atoms with Gasteiger partial charge in [0.25, 0.3) is 0 Å². The smallest absolute Gasteiger partial charge is 0.330 e. The Bertz CT molecular complexity index is 948. The van der Waals surface area contributed by atoms with Crippen LogP contribution in [-0.2, 0) is 25.7 Å². The average Bonchev–Trinajstić information content (AvgIpc) is 3.08. The largest absolute Gasteiger partial charge is 0.466 e. The van der Waals surface area contributed by atoms with Crippen LogP contribution in [0.25, 0.3) is 5.69 Å². The zero-order valence-electron chi connectivity index (χ0n) is 18.0. The molecule has 0 N–H and O–H groups in total. The van der Waals surface area contributed by atoms with Crippen LogP contribution in [0.4, 0.5) is 0 Å². The number of carbonyl (C=O) groups excluding carboxylic acids is 2. The van der Waals surface area contributed by atoms with Crippen molar-refractivity contribution in [1.29, 1.82) is 0 Å². The van der Waals surface area contributed by atoms with Crippen molar-refractivity contribution in [3.05, 3.63) is 65.0 Å². The van der Waals surface area contributed by atoms with E-state index in [1.807, 2.05) is 26.0 Å². The van der Waals surface area contributed by atoms with E-state index in [1.165, 1.54) is 24.6 Å². The second-order valence-electron chi connectivity index (χ2n) is 8.33. The van der Waals surface area contributed by atoms with Crippen LogP contribution in [0.1, 0.15) is 36.4 Å². The number of allylic oxidation sites excluding steroid dienone is 1. The van der Waals surface area contributed by atoms with Crippen molar-refractivity contribution in [2.75, 3.05) is 7.11 Å². The van der Waals surface area contributed by atoms with Crippen LogP contribution in [-0.4, -0.2) is 23.6 Å². The van der Waals surface area contributed by atoms with Gasteiger partial charge in [0.1, 0.15) is 6.61 Å². The third-order valence-corrected chi connectivity index (χ3v) is 6.10. The molecule has 154 valence electrons. The lowest BCUT2D eigenvalue weighted by Gasteiger charge is -2.16. The molecule has 0 aliphatic heterocycles. The molecule has 2 atom stereocenters. The molecule has 1 heterocycles. The van der Waals surface area contributed by atoms with Gasteiger partial charge in [-0.3, -0.25) is 4.79 Å². The maximum absolute atomic E-state index is 12.7. The van der Waals surface area contributed by atoms with Crippen molar-refractivity contribution in [3.63, 3.8) is 0 Å². The molecule has 5 heteroatoms. The summed E-state index contributed by atoms with van der Waals surface area (Å²) in [6.07, 6.45) is 3.14. The van der Waals surface area contributed by atoms with Gasteiger partial charge in [0, 0.05) is 23.2 Å². The lowest BCUT2D eigenvalue weighted by molar-refractivity contribution is -0.147. The van der Waals surface area contributed by atoms with Gasteiger partial charge < -0.3 is 14.0 Å². The van der Waals surface area contributed by atoms with Crippen molar-refractivity contribution < 1.29 is 19.1 Å². The van der Waals surface area contributed by atoms with E-state index >= 15 is 0 Å². The molecule has 1 aliphatic carbocycles. The predicted molar refractivity (Wildman–Crippen MR) is 112 cm³/mol. The van der Waals surface area contributed by atoms with Gasteiger partial charge in [-0.05, 0) is 61.4 Å². The van der Waals surface area contributed by atoms with Crippen LogP contribution < -0.4 is 0 Å². The van der Waals surface area contributed by atoms with Crippen molar-refractivity contribution in [2.24, 2.45) is 17.3 Å². The Morgan fingerprint density at radius 3 is 2.38 bits per heavy atom. The molecule has 1 aromatic heterocycles. The third kappa shape index (κ3) is 4.00. The van der Waals surface area contributed by atoms with Gasteiger partial charge in [0.05, 0.1) is 13.0 Å². The summed E-state index contributed by atoms with van der Waals surface area (Å²) >= 11 is 0. The van der Waals surface area contributed by atoms with Gasteiger partial charge in [-0.25, -0.2) is 4.79 Å². The van der Waals surface area contributed by atoms with Gasteiger partial charge in [-0.15, -0.1) is 0 Å². The number of rotatable bonds is 6. The first-order valence-electron chi connectivity index (χ1n) is 9.85. The number of carbonyl (C=O) groups is 2. The van der Waals surface area contributed by atoms with Crippen molar-refractivity contribution in [1.82, 2.24) is 4.57 Å². The Kier molecular flexibility index (Phi) is 5.69. The van der Waals surface area contributed by atoms with E-state index in [9.17, 15) is 9.59 Å². The fourth-order valence-electron chi connectivity index (χ4n) is 4.09. The number of esters is 2. The summed E-state index contributed by atoms with van der Waals surface area (Å²) in [5, 5.41) is 0. The standard InChI is InChI=1S/C24H29NO4/c1-15-10-11-16(2)25(15)20-9-7-8-18(17(20)3)14-29-23(27)22-19(24(22,4)5)12-13-21(26)28-6/h7-13,19,22H,14H2,1-6H3/t19-,22-/m0/s1. The molecule has 5 nitrogen and oxygen atoms in total. The average molecular weight is 395 g/mol. The molecule has 0 unspecified atom stereocenters. The molecular formula is C24H29NO4. The molecule has 1 fully saturated rings. The van der Waals surface area contributed by atoms with E-state index < -0.39 is 5.97 Å². The van der Waals surface area contributed by atoms with Crippen molar-refractivity contribution in [2.45, 2.75) is 41.2 Å². The van der Waals surface area contributed by atoms with Crippen LogP contribution in [0, 0.1) is 38.0 Å². The van der Waals surface area contributed by atoms with Gasteiger partial charge in [-0.1, -0.05) is 32.1 Å². The summed E-state index contributed by atoms with van der Waals surface area (Å²) in [5.41, 5.74) is 5.30. The van der Waals surface area contributed by atoms with Gasteiger partial charge in [-0.2, -0.15) is 0 Å². The second-order valence-corrected chi connectivity index (χ2v) is 8.33. The molecule has 29 heavy (non-hydrogen) atoms. The summed E-state index contributed by atoms with van der Waals surface area (Å²) in [6.45, 7) is 10.5. The fourth-order valence-corrected chi connectivity index (χ4v) is 4.09. The highest BCUT2D eigenvalue weighted by Gasteiger charge is 2.61. The van der Waals surface area contributed by atoms with E-state index in [2.05, 4.69) is 48.3 Å². The Morgan fingerprint density at radius 1 is 1.10 bits per heavy atom. The molecule has 1 aliphatic rings. The SMILES string of the molecule is COC(=O)C=C[C@H]1[C@@H](C(=O)OCc2cccc(-n3c(C)ccc3C)c2C)C1(C)C. The van der Waals surface area contributed by atoms with Crippen LogP contribution in [0.3, 0.4) is 0 Å². The fraction of sp³-hybridized carbons (Fsp3) is 0.417. The molecular weight excluding hydrogens is 366 g/mol. The van der Waals surface area contributed by atoms with Crippen molar-refractivity contribution >= 4 is 11.9 Å². The third-order valence-electron chi connectivity index (χ3n) is 6.10. The Labute approximate surface area is 172 Å². The summed E-state index contributed by atoms with van der Waals surface area (Å²) in [5.74, 6) is -0.914. The number of aromatic nitrogens is 1. The van der Waals surface area contributed by atoms with Crippen LogP contribution in [0.15, 0.2) is 42.5 Å². The van der Waals surface area contributed by atoms with Crippen molar-refractivity contribution in [3.8, 4) is 5.69 Å². The first kappa shape index (κ1) is 20.9. The Hall–Kier alpha value is -2.82. The maximum atomic E-state index is 12.7. The normalized spacial score (nSPS) is 19.9. The van der Waals surface area contributed by atoms with Crippen LogP contribution in [0.2, 0.25) is 0 Å². The minimum absolute atomic E-state index is 0.0216. The highest BCUT2D eigenvalue weighted by atomic mass is 16.5. The number of ether oxygens (including phenoxy) is 2. The Morgan fingerprint density at radius 2 is 1.76 bits per heavy atom. The molecule has 0 bridgehead atoms. The highest BCUT2D eigenvalue weighted by molar-refractivity contribution is 5.83. The minimum atomic E-state index is -0.414. The number of benzene rings is 1. The van der Waals surface area contributed by atoms with Crippen LogP contribution >= 0.6 is 0 Å². The molecule has 1 saturated carbocycles. The van der Waals surface area contributed by atoms with E-state index in [4.69, 9.17) is 4.74 Å². The number of hydrogen-bond donors (Lipinski definition) is 0.